The molecule has 0 saturated heterocycles. The van der Waals surface area contributed by atoms with Gasteiger partial charge >= 0.3 is 0 Å². The fourth-order valence-electron chi connectivity index (χ4n) is 2.33. The average Bonchev–Trinajstić information content (AvgIpc) is 2.84. The molecule has 2 rings (SSSR count). The first-order chi connectivity index (χ1) is 10.1. The molecule has 1 aromatic carbocycles. The van der Waals surface area contributed by atoms with Gasteiger partial charge in [-0.15, -0.1) is 0 Å². The fraction of sp³-hybridized carbons (Fsp3) is 0.438. The lowest BCUT2D eigenvalue weighted by atomic mass is 10.1. The van der Waals surface area contributed by atoms with Crippen molar-refractivity contribution in [2.45, 2.75) is 26.4 Å². The molecule has 1 atom stereocenters. The van der Waals surface area contributed by atoms with Crippen LogP contribution in [0.25, 0.3) is 0 Å². The summed E-state index contributed by atoms with van der Waals surface area (Å²) in [6.07, 6.45) is 1.91. The van der Waals surface area contributed by atoms with Gasteiger partial charge in [0.1, 0.15) is 11.5 Å². The van der Waals surface area contributed by atoms with Gasteiger partial charge in [-0.05, 0) is 32.0 Å². The van der Waals surface area contributed by atoms with Crippen LogP contribution in [0, 0.1) is 6.92 Å². The minimum atomic E-state index is 0.217. The van der Waals surface area contributed by atoms with E-state index in [-0.39, 0.29) is 6.04 Å². The number of ether oxygens (including phenoxy) is 2. The first-order valence-corrected chi connectivity index (χ1v) is 6.99. The van der Waals surface area contributed by atoms with Gasteiger partial charge in [0, 0.05) is 36.5 Å². The molecule has 5 heteroatoms. The summed E-state index contributed by atoms with van der Waals surface area (Å²) in [5, 5.41) is 7.79. The summed E-state index contributed by atoms with van der Waals surface area (Å²) in [6.45, 7) is 4.92. The molecule has 1 unspecified atom stereocenters. The van der Waals surface area contributed by atoms with Crippen molar-refractivity contribution in [2.24, 2.45) is 7.05 Å². The quantitative estimate of drug-likeness (QED) is 0.888. The molecule has 0 radical (unpaired) electrons. The Morgan fingerprint density at radius 2 is 2.05 bits per heavy atom. The monoisotopic (exact) mass is 289 g/mol. The predicted molar refractivity (Wildman–Crippen MR) is 82.7 cm³/mol. The molecule has 0 amide bonds. The van der Waals surface area contributed by atoms with Crippen LogP contribution in [0.15, 0.2) is 24.4 Å². The van der Waals surface area contributed by atoms with Crippen molar-refractivity contribution in [1.82, 2.24) is 15.1 Å². The molecule has 21 heavy (non-hydrogen) atoms. The summed E-state index contributed by atoms with van der Waals surface area (Å²) >= 11 is 0. The zero-order chi connectivity index (χ0) is 15.4. The standard InChI is InChI=1S/C16H23N3O2/c1-11(15-10-18-19(3)12(15)2)17-9-13-8-14(20-4)6-7-16(13)21-5/h6-8,10-11,17H,9H2,1-5H3. The highest BCUT2D eigenvalue weighted by atomic mass is 16.5. The van der Waals surface area contributed by atoms with Crippen LogP contribution in [-0.4, -0.2) is 24.0 Å². The summed E-state index contributed by atoms with van der Waals surface area (Å²) in [6, 6.07) is 6.04. The summed E-state index contributed by atoms with van der Waals surface area (Å²) < 4.78 is 12.6. The number of hydrogen-bond acceptors (Lipinski definition) is 4. The lowest BCUT2D eigenvalue weighted by Gasteiger charge is -2.16. The van der Waals surface area contributed by atoms with Crippen molar-refractivity contribution in [2.75, 3.05) is 14.2 Å². The minimum absolute atomic E-state index is 0.217. The van der Waals surface area contributed by atoms with Crippen LogP contribution in [0.3, 0.4) is 0 Å². The van der Waals surface area contributed by atoms with E-state index in [1.54, 1.807) is 14.2 Å². The second-order valence-electron chi connectivity index (χ2n) is 5.09. The molecule has 1 aromatic heterocycles. The van der Waals surface area contributed by atoms with Gasteiger partial charge in [0.2, 0.25) is 0 Å². The first kappa shape index (κ1) is 15.4. The molecule has 114 valence electrons. The van der Waals surface area contributed by atoms with E-state index in [1.165, 1.54) is 11.3 Å². The van der Waals surface area contributed by atoms with E-state index in [0.29, 0.717) is 6.54 Å². The second-order valence-corrected chi connectivity index (χ2v) is 5.09. The van der Waals surface area contributed by atoms with Gasteiger partial charge in [-0.3, -0.25) is 4.68 Å². The molecule has 0 bridgehead atoms. The molecule has 5 nitrogen and oxygen atoms in total. The highest BCUT2D eigenvalue weighted by molar-refractivity contribution is 5.40. The fourth-order valence-corrected chi connectivity index (χ4v) is 2.33. The molecule has 0 aliphatic heterocycles. The van der Waals surface area contributed by atoms with Crippen molar-refractivity contribution in [3.63, 3.8) is 0 Å². The number of aryl methyl sites for hydroxylation is 1. The van der Waals surface area contributed by atoms with Crippen molar-refractivity contribution in [3.05, 3.63) is 41.2 Å². The molecule has 2 aromatic rings. The maximum Gasteiger partial charge on any atom is 0.123 e. The largest absolute Gasteiger partial charge is 0.497 e. The average molecular weight is 289 g/mol. The zero-order valence-electron chi connectivity index (χ0n) is 13.3. The molecule has 0 fully saturated rings. The molecule has 1 heterocycles. The molecular weight excluding hydrogens is 266 g/mol. The normalized spacial score (nSPS) is 12.2. The molecule has 0 aliphatic carbocycles. The van der Waals surface area contributed by atoms with Gasteiger partial charge in [0.25, 0.3) is 0 Å². The van der Waals surface area contributed by atoms with Crippen LogP contribution in [0.2, 0.25) is 0 Å². The Balaban J connectivity index is 2.10. The lowest BCUT2D eigenvalue weighted by Crippen LogP contribution is -2.19. The number of hydrogen-bond donors (Lipinski definition) is 1. The molecule has 0 saturated carbocycles. The van der Waals surface area contributed by atoms with E-state index in [0.717, 1.165) is 17.1 Å². The third-order valence-electron chi connectivity index (χ3n) is 3.83. The third-order valence-corrected chi connectivity index (χ3v) is 3.83. The van der Waals surface area contributed by atoms with Crippen molar-refractivity contribution in [1.29, 1.82) is 0 Å². The second kappa shape index (κ2) is 6.63. The van der Waals surface area contributed by atoms with Crippen LogP contribution in [0.1, 0.15) is 29.8 Å². The minimum Gasteiger partial charge on any atom is -0.497 e. The number of aromatic nitrogens is 2. The Hall–Kier alpha value is -2.01. The molecule has 0 spiro atoms. The number of nitrogens with one attached hydrogen (secondary N) is 1. The van der Waals surface area contributed by atoms with E-state index < -0.39 is 0 Å². The van der Waals surface area contributed by atoms with Crippen LogP contribution < -0.4 is 14.8 Å². The Labute approximate surface area is 125 Å². The Morgan fingerprint density at radius 3 is 2.62 bits per heavy atom. The highest BCUT2D eigenvalue weighted by Crippen LogP contribution is 2.25. The Kier molecular flexibility index (Phi) is 4.85. The topological polar surface area (TPSA) is 48.3 Å². The maximum absolute atomic E-state index is 5.40. The highest BCUT2D eigenvalue weighted by Gasteiger charge is 2.13. The van der Waals surface area contributed by atoms with Gasteiger partial charge in [0.15, 0.2) is 0 Å². The third kappa shape index (κ3) is 3.36. The van der Waals surface area contributed by atoms with Crippen LogP contribution in [0.5, 0.6) is 11.5 Å². The summed E-state index contributed by atoms with van der Waals surface area (Å²) in [5.41, 5.74) is 3.46. The van der Waals surface area contributed by atoms with E-state index in [4.69, 9.17) is 9.47 Å². The van der Waals surface area contributed by atoms with Gasteiger partial charge in [0.05, 0.1) is 20.4 Å². The van der Waals surface area contributed by atoms with E-state index in [2.05, 4.69) is 24.3 Å². The predicted octanol–water partition coefficient (Wildman–Crippen LogP) is 2.60. The lowest BCUT2D eigenvalue weighted by molar-refractivity contribution is 0.395. The number of nitrogens with zero attached hydrogens (tertiary/aromatic N) is 2. The molecule has 1 N–H and O–H groups in total. The van der Waals surface area contributed by atoms with E-state index in [1.807, 2.05) is 36.1 Å². The molecule has 0 aliphatic rings. The van der Waals surface area contributed by atoms with Crippen molar-refractivity contribution < 1.29 is 9.47 Å². The zero-order valence-corrected chi connectivity index (χ0v) is 13.3. The smallest absolute Gasteiger partial charge is 0.123 e. The SMILES string of the molecule is COc1ccc(OC)c(CNC(C)c2cnn(C)c2C)c1. The Morgan fingerprint density at radius 1 is 1.29 bits per heavy atom. The first-order valence-electron chi connectivity index (χ1n) is 6.99. The summed E-state index contributed by atoms with van der Waals surface area (Å²) in [5.74, 6) is 1.69. The van der Waals surface area contributed by atoms with E-state index in [9.17, 15) is 0 Å². The van der Waals surface area contributed by atoms with Gasteiger partial charge in [-0.2, -0.15) is 5.10 Å². The Bertz CT molecular complexity index is 608. The van der Waals surface area contributed by atoms with Crippen LogP contribution in [0.4, 0.5) is 0 Å². The van der Waals surface area contributed by atoms with Gasteiger partial charge < -0.3 is 14.8 Å². The molecular formula is C16H23N3O2. The van der Waals surface area contributed by atoms with Crippen LogP contribution >= 0.6 is 0 Å². The summed E-state index contributed by atoms with van der Waals surface area (Å²) in [4.78, 5) is 0. The van der Waals surface area contributed by atoms with Gasteiger partial charge in [-0.1, -0.05) is 0 Å². The summed E-state index contributed by atoms with van der Waals surface area (Å²) in [7, 11) is 5.30. The van der Waals surface area contributed by atoms with Crippen molar-refractivity contribution in [3.8, 4) is 11.5 Å². The van der Waals surface area contributed by atoms with E-state index >= 15 is 0 Å². The van der Waals surface area contributed by atoms with Crippen molar-refractivity contribution >= 4 is 0 Å². The maximum atomic E-state index is 5.40. The van der Waals surface area contributed by atoms with Gasteiger partial charge in [-0.25, -0.2) is 0 Å². The number of benzene rings is 1. The van der Waals surface area contributed by atoms with Crippen LogP contribution in [-0.2, 0) is 13.6 Å². The number of methoxy groups -OCH3 is 2. The number of rotatable bonds is 6.